The van der Waals surface area contributed by atoms with Crippen LogP contribution in [0.5, 0.6) is 5.75 Å². The lowest BCUT2D eigenvalue weighted by Gasteiger charge is -2.06. The van der Waals surface area contributed by atoms with Crippen LogP contribution in [0.4, 0.5) is 0 Å². The summed E-state index contributed by atoms with van der Waals surface area (Å²) in [7, 11) is 0. The molecule has 2 nitrogen and oxygen atoms in total. The zero-order chi connectivity index (χ0) is 18.4. The highest BCUT2D eigenvalue weighted by molar-refractivity contribution is 6.07. The Morgan fingerprint density at radius 1 is 0.923 bits per heavy atom. The number of carbonyl (C=O) groups is 1. The molecule has 0 aliphatic heterocycles. The second kappa shape index (κ2) is 8.30. The third-order valence-corrected chi connectivity index (χ3v) is 4.20. The highest BCUT2D eigenvalue weighted by Crippen LogP contribution is 2.16. The number of rotatable bonds is 6. The van der Waals surface area contributed by atoms with E-state index in [1.54, 1.807) is 6.08 Å². The van der Waals surface area contributed by atoms with Crippen molar-refractivity contribution in [1.82, 2.24) is 0 Å². The molecule has 3 rings (SSSR count). The summed E-state index contributed by atoms with van der Waals surface area (Å²) in [6.45, 7) is 4.53. The number of benzene rings is 3. The standard InChI is InChI=1S/C24H22O2/c1-18-8-14-23(19(2)16-18)24(25)15-11-20-9-12-22(13-10-20)26-17-21-6-4-3-5-7-21/h3-16H,17H2,1-2H3. The van der Waals surface area contributed by atoms with Gasteiger partial charge in [-0.2, -0.15) is 0 Å². The fourth-order valence-corrected chi connectivity index (χ4v) is 2.77. The fraction of sp³-hybridized carbons (Fsp3) is 0.125. The van der Waals surface area contributed by atoms with Crippen molar-refractivity contribution in [2.24, 2.45) is 0 Å². The zero-order valence-electron chi connectivity index (χ0n) is 15.1. The highest BCUT2D eigenvalue weighted by atomic mass is 16.5. The Balaban J connectivity index is 1.61. The Labute approximate surface area is 154 Å². The molecule has 2 heteroatoms. The van der Waals surface area contributed by atoms with E-state index in [9.17, 15) is 4.79 Å². The van der Waals surface area contributed by atoms with Gasteiger partial charge in [-0.3, -0.25) is 4.79 Å². The molecule has 0 aromatic heterocycles. The maximum Gasteiger partial charge on any atom is 0.186 e. The SMILES string of the molecule is Cc1ccc(C(=O)C=Cc2ccc(OCc3ccccc3)cc2)c(C)c1. The van der Waals surface area contributed by atoms with E-state index < -0.39 is 0 Å². The van der Waals surface area contributed by atoms with Gasteiger partial charge < -0.3 is 4.74 Å². The first-order chi connectivity index (χ1) is 12.6. The van der Waals surface area contributed by atoms with Gasteiger partial charge in [0.15, 0.2) is 5.78 Å². The summed E-state index contributed by atoms with van der Waals surface area (Å²) in [5.74, 6) is 0.832. The summed E-state index contributed by atoms with van der Waals surface area (Å²) in [5, 5.41) is 0. The first kappa shape index (κ1) is 17.7. The number of carbonyl (C=O) groups excluding carboxylic acids is 1. The molecule has 0 aliphatic carbocycles. The second-order valence-electron chi connectivity index (χ2n) is 6.36. The smallest absolute Gasteiger partial charge is 0.186 e. The van der Waals surface area contributed by atoms with Crippen LogP contribution in [0.1, 0.15) is 32.6 Å². The van der Waals surface area contributed by atoms with Gasteiger partial charge in [0.1, 0.15) is 12.4 Å². The van der Waals surface area contributed by atoms with Crippen LogP contribution in [-0.4, -0.2) is 5.78 Å². The summed E-state index contributed by atoms with van der Waals surface area (Å²) in [5.41, 5.74) is 5.01. The van der Waals surface area contributed by atoms with Gasteiger partial charge in [-0.1, -0.05) is 72.3 Å². The van der Waals surface area contributed by atoms with Gasteiger partial charge in [-0.15, -0.1) is 0 Å². The van der Waals surface area contributed by atoms with E-state index in [-0.39, 0.29) is 5.78 Å². The topological polar surface area (TPSA) is 26.3 Å². The molecule has 0 spiro atoms. The van der Waals surface area contributed by atoms with Crippen molar-refractivity contribution in [3.63, 3.8) is 0 Å². The minimum absolute atomic E-state index is 0.0203. The lowest BCUT2D eigenvalue weighted by molar-refractivity contribution is 0.104. The maximum absolute atomic E-state index is 12.4. The number of ether oxygens (including phenoxy) is 1. The maximum atomic E-state index is 12.4. The molecule has 3 aromatic rings. The lowest BCUT2D eigenvalue weighted by Crippen LogP contribution is -1.98. The number of allylic oxidation sites excluding steroid dienone is 1. The Bertz CT molecular complexity index is 907. The molecular weight excluding hydrogens is 320 g/mol. The Morgan fingerprint density at radius 2 is 1.65 bits per heavy atom. The third-order valence-electron chi connectivity index (χ3n) is 4.20. The Hall–Kier alpha value is -3.13. The molecule has 0 unspecified atom stereocenters. The van der Waals surface area contributed by atoms with E-state index in [0.29, 0.717) is 6.61 Å². The average Bonchev–Trinajstić information content (AvgIpc) is 2.66. The minimum atomic E-state index is 0.0203. The van der Waals surface area contributed by atoms with Crippen LogP contribution in [0.15, 0.2) is 78.9 Å². The van der Waals surface area contributed by atoms with Crippen molar-refractivity contribution < 1.29 is 9.53 Å². The van der Waals surface area contributed by atoms with Crippen LogP contribution < -0.4 is 4.74 Å². The minimum Gasteiger partial charge on any atom is -0.489 e. The number of hydrogen-bond donors (Lipinski definition) is 0. The summed E-state index contributed by atoms with van der Waals surface area (Å²) in [6.07, 6.45) is 3.46. The van der Waals surface area contributed by atoms with Gasteiger partial charge in [0.2, 0.25) is 0 Å². The molecule has 26 heavy (non-hydrogen) atoms. The molecule has 3 aromatic carbocycles. The van der Waals surface area contributed by atoms with E-state index in [4.69, 9.17) is 4.74 Å². The number of aryl methyl sites for hydroxylation is 2. The van der Waals surface area contributed by atoms with Crippen LogP contribution in [0.2, 0.25) is 0 Å². The second-order valence-corrected chi connectivity index (χ2v) is 6.36. The number of ketones is 1. The van der Waals surface area contributed by atoms with Crippen molar-refractivity contribution in [3.05, 3.63) is 107 Å². The third kappa shape index (κ3) is 4.70. The van der Waals surface area contributed by atoms with Crippen molar-refractivity contribution in [2.75, 3.05) is 0 Å². The average molecular weight is 342 g/mol. The lowest BCUT2D eigenvalue weighted by atomic mass is 10.0. The van der Waals surface area contributed by atoms with Gasteiger partial charge >= 0.3 is 0 Å². The van der Waals surface area contributed by atoms with Crippen LogP contribution in [0, 0.1) is 13.8 Å². The normalized spacial score (nSPS) is 10.8. The summed E-state index contributed by atoms with van der Waals surface area (Å²) < 4.78 is 5.78. The van der Waals surface area contributed by atoms with Crippen LogP contribution >= 0.6 is 0 Å². The van der Waals surface area contributed by atoms with E-state index in [1.165, 1.54) is 0 Å². The van der Waals surface area contributed by atoms with Gasteiger partial charge in [-0.05, 0) is 48.7 Å². The predicted molar refractivity (Wildman–Crippen MR) is 106 cm³/mol. The largest absolute Gasteiger partial charge is 0.489 e. The molecule has 0 amide bonds. The highest BCUT2D eigenvalue weighted by Gasteiger charge is 2.05. The molecule has 0 atom stereocenters. The first-order valence-electron chi connectivity index (χ1n) is 8.68. The Kier molecular flexibility index (Phi) is 5.65. The molecule has 0 heterocycles. The molecule has 0 N–H and O–H groups in total. The van der Waals surface area contributed by atoms with Gasteiger partial charge in [0, 0.05) is 5.56 Å². The van der Waals surface area contributed by atoms with E-state index in [1.807, 2.05) is 92.7 Å². The Morgan fingerprint density at radius 3 is 2.35 bits per heavy atom. The summed E-state index contributed by atoms with van der Waals surface area (Å²) in [6, 6.07) is 23.7. The molecule has 0 saturated carbocycles. The molecule has 0 radical (unpaired) electrons. The van der Waals surface area contributed by atoms with Crippen LogP contribution in [0.3, 0.4) is 0 Å². The molecule has 0 fully saturated rings. The number of hydrogen-bond acceptors (Lipinski definition) is 2. The summed E-state index contributed by atoms with van der Waals surface area (Å²) in [4.78, 5) is 12.4. The molecule has 130 valence electrons. The van der Waals surface area contributed by atoms with E-state index in [2.05, 4.69) is 0 Å². The van der Waals surface area contributed by atoms with Crippen LogP contribution in [-0.2, 0) is 6.61 Å². The van der Waals surface area contributed by atoms with Gasteiger partial charge in [0.05, 0.1) is 0 Å². The van der Waals surface area contributed by atoms with E-state index >= 15 is 0 Å². The monoisotopic (exact) mass is 342 g/mol. The predicted octanol–water partition coefficient (Wildman–Crippen LogP) is 5.78. The van der Waals surface area contributed by atoms with Crippen molar-refractivity contribution in [1.29, 1.82) is 0 Å². The van der Waals surface area contributed by atoms with Crippen LogP contribution in [0.25, 0.3) is 6.08 Å². The first-order valence-corrected chi connectivity index (χ1v) is 8.68. The molecule has 0 bridgehead atoms. The van der Waals surface area contributed by atoms with Crippen molar-refractivity contribution >= 4 is 11.9 Å². The van der Waals surface area contributed by atoms with Gasteiger partial charge in [-0.25, -0.2) is 0 Å². The fourth-order valence-electron chi connectivity index (χ4n) is 2.77. The van der Waals surface area contributed by atoms with Crippen molar-refractivity contribution in [2.45, 2.75) is 20.5 Å². The molecule has 0 saturated heterocycles. The molecular formula is C24H22O2. The zero-order valence-corrected chi connectivity index (χ0v) is 15.1. The quantitative estimate of drug-likeness (QED) is 0.419. The summed E-state index contributed by atoms with van der Waals surface area (Å²) >= 11 is 0. The van der Waals surface area contributed by atoms with E-state index in [0.717, 1.165) is 33.6 Å². The molecule has 0 aliphatic rings. The van der Waals surface area contributed by atoms with Crippen molar-refractivity contribution in [3.8, 4) is 5.75 Å². The van der Waals surface area contributed by atoms with Gasteiger partial charge in [0.25, 0.3) is 0 Å².